The monoisotopic (exact) mass is 476 g/mol. The molecule has 0 unspecified atom stereocenters. The van der Waals surface area contributed by atoms with Gasteiger partial charge in [-0.1, -0.05) is 41.9 Å². The lowest BCUT2D eigenvalue weighted by molar-refractivity contribution is 0.0669. The van der Waals surface area contributed by atoms with Gasteiger partial charge in [0.2, 0.25) is 0 Å². The van der Waals surface area contributed by atoms with Gasteiger partial charge in [0.25, 0.3) is 5.91 Å². The first-order chi connectivity index (χ1) is 16.1. The minimum atomic E-state index is -0.385. The van der Waals surface area contributed by atoms with Crippen LogP contribution < -0.4 is 9.47 Å². The summed E-state index contributed by atoms with van der Waals surface area (Å²) < 4.78 is 11.9. The summed E-state index contributed by atoms with van der Waals surface area (Å²) >= 11 is 8.23. The van der Waals surface area contributed by atoms with Gasteiger partial charge in [-0.15, -0.1) is 11.3 Å². The van der Waals surface area contributed by atoms with Gasteiger partial charge in [-0.25, -0.2) is 0 Å². The Bertz CT molecular complexity index is 1440. The Morgan fingerprint density at radius 3 is 2.70 bits per heavy atom. The molecule has 0 aliphatic carbocycles. The van der Waals surface area contributed by atoms with Gasteiger partial charge in [0, 0.05) is 16.6 Å². The first-order valence-electron chi connectivity index (χ1n) is 10.6. The van der Waals surface area contributed by atoms with E-state index in [-0.39, 0.29) is 18.4 Å². The van der Waals surface area contributed by atoms with Gasteiger partial charge in [0.05, 0.1) is 37.8 Å². The Morgan fingerprint density at radius 2 is 1.94 bits per heavy atom. The Labute approximate surface area is 200 Å². The first kappa shape index (κ1) is 21.6. The minimum Gasteiger partial charge on any atom is -0.493 e. The summed E-state index contributed by atoms with van der Waals surface area (Å²) in [5, 5.41) is 13.1. The van der Waals surface area contributed by atoms with E-state index in [9.17, 15) is 10.1 Å². The summed E-state index contributed by atoms with van der Waals surface area (Å²) in [6, 6.07) is 17.8. The summed E-state index contributed by atoms with van der Waals surface area (Å²) in [5.41, 5.74) is 1.97. The van der Waals surface area contributed by atoms with E-state index in [2.05, 4.69) is 6.07 Å². The summed E-state index contributed by atoms with van der Waals surface area (Å²) in [5.74, 6) is 1.08. The number of nitrogens with zero attached hydrogens (tertiary/aromatic N) is 2. The fraction of sp³-hybridized carbons (Fsp3) is 0.231. The number of carbonyl (C=O) groups is 1. The molecule has 0 fully saturated rings. The highest BCUT2D eigenvalue weighted by Gasteiger charge is 2.34. The maximum Gasteiger partial charge on any atom is 0.266 e. The van der Waals surface area contributed by atoms with Crippen molar-refractivity contribution >= 4 is 49.7 Å². The smallest absolute Gasteiger partial charge is 0.266 e. The van der Waals surface area contributed by atoms with Crippen molar-refractivity contribution < 1.29 is 14.3 Å². The molecular formula is C26H21ClN2O3S. The zero-order valence-electron chi connectivity index (χ0n) is 18.2. The van der Waals surface area contributed by atoms with Crippen LogP contribution in [0.1, 0.15) is 33.3 Å². The number of ether oxygens (including phenoxy) is 2. The molecule has 5 nitrogen and oxygen atoms in total. The van der Waals surface area contributed by atoms with Crippen LogP contribution in [-0.2, 0) is 6.42 Å². The summed E-state index contributed by atoms with van der Waals surface area (Å²) in [7, 11) is 3.18. The van der Waals surface area contributed by atoms with Crippen molar-refractivity contribution in [2.24, 2.45) is 0 Å². The van der Waals surface area contributed by atoms with Crippen LogP contribution in [0.15, 0.2) is 48.5 Å². The van der Waals surface area contributed by atoms with Gasteiger partial charge in [0.15, 0.2) is 11.5 Å². The van der Waals surface area contributed by atoms with Gasteiger partial charge in [-0.2, -0.15) is 5.26 Å². The molecule has 0 bridgehead atoms. The molecule has 0 radical (unpaired) electrons. The normalized spacial score (nSPS) is 15.3. The molecule has 0 saturated carbocycles. The third kappa shape index (κ3) is 3.49. The standard InChI is InChI=1S/C26H21ClN2O3S/c1-31-20-13-16-10-12-29(19(9-11-28)18(16)14-21(20)32-2)26(30)25-24(27)23-17-6-4-3-5-15(17)7-8-22(23)33-25/h3-8,13-14,19H,9-10,12H2,1-2H3/t19-/m0/s1. The number of fused-ring (bicyclic) bond motifs is 4. The molecule has 0 saturated heterocycles. The zero-order chi connectivity index (χ0) is 23.1. The van der Waals surface area contributed by atoms with Crippen molar-refractivity contribution in [2.75, 3.05) is 20.8 Å². The average Bonchev–Trinajstić information content (AvgIpc) is 3.19. The highest BCUT2D eigenvalue weighted by atomic mass is 35.5. The lowest BCUT2D eigenvalue weighted by atomic mass is 9.90. The van der Waals surface area contributed by atoms with E-state index in [1.54, 1.807) is 19.1 Å². The predicted octanol–water partition coefficient (Wildman–Crippen LogP) is 6.38. The minimum absolute atomic E-state index is 0.147. The lowest BCUT2D eigenvalue weighted by Crippen LogP contribution is -2.39. The average molecular weight is 477 g/mol. The SMILES string of the molecule is COc1cc2c(cc1OC)[C@H](CC#N)N(C(=O)c1sc3ccc4ccccc4c3c1Cl)CC2. The number of nitriles is 1. The highest BCUT2D eigenvalue weighted by molar-refractivity contribution is 7.21. The molecule has 1 aromatic heterocycles. The topological polar surface area (TPSA) is 62.6 Å². The Balaban J connectivity index is 1.60. The molecule has 1 aliphatic heterocycles. The third-order valence-corrected chi connectivity index (χ3v) is 7.90. The maximum atomic E-state index is 13.8. The molecular weight excluding hydrogens is 456 g/mol. The summed E-state index contributed by atoms with van der Waals surface area (Å²) in [6.45, 7) is 0.499. The van der Waals surface area contributed by atoms with Crippen LogP contribution in [0.5, 0.6) is 11.5 Å². The molecule has 33 heavy (non-hydrogen) atoms. The largest absolute Gasteiger partial charge is 0.493 e. The fourth-order valence-corrected chi connectivity index (χ4v) is 6.20. The van der Waals surface area contributed by atoms with E-state index in [0.717, 1.165) is 32.0 Å². The van der Waals surface area contributed by atoms with Gasteiger partial charge < -0.3 is 14.4 Å². The van der Waals surface area contributed by atoms with E-state index in [4.69, 9.17) is 21.1 Å². The van der Waals surface area contributed by atoms with Crippen LogP contribution in [0.4, 0.5) is 0 Å². The Hall–Kier alpha value is -3.27. The van der Waals surface area contributed by atoms with Crippen LogP contribution in [0.3, 0.4) is 0 Å². The quantitative estimate of drug-likeness (QED) is 0.343. The number of methoxy groups -OCH3 is 2. The highest BCUT2D eigenvalue weighted by Crippen LogP contribution is 2.43. The van der Waals surface area contributed by atoms with E-state index >= 15 is 0 Å². The van der Waals surface area contributed by atoms with Crippen LogP contribution in [0.25, 0.3) is 20.9 Å². The van der Waals surface area contributed by atoms with Crippen LogP contribution in [0.2, 0.25) is 5.02 Å². The van der Waals surface area contributed by atoms with Crippen molar-refractivity contribution in [1.82, 2.24) is 4.90 Å². The van der Waals surface area contributed by atoms with Gasteiger partial charge in [-0.05, 0) is 46.5 Å². The fourth-order valence-electron chi connectivity index (χ4n) is 4.68. The molecule has 0 N–H and O–H groups in total. The van der Waals surface area contributed by atoms with E-state index in [1.165, 1.54) is 11.3 Å². The number of amides is 1. The van der Waals surface area contributed by atoms with Crippen molar-refractivity contribution in [3.05, 3.63) is 69.6 Å². The number of carbonyl (C=O) groups excluding carboxylic acids is 1. The Kier molecular flexibility index (Phi) is 5.61. The summed E-state index contributed by atoms with van der Waals surface area (Å²) in [6.07, 6.45) is 0.842. The zero-order valence-corrected chi connectivity index (χ0v) is 19.8. The second kappa shape index (κ2) is 8.58. The molecule has 1 aliphatic rings. The number of rotatable bonds is 4. The maximum absolute atomic E-state index is 13.8. The number of thiophene rings is 1. The summed E-state index contributed by atoms with van der Waals surface area (Å²) in [4.78, 5) is 16.1. The first-order valence-corrected chi connectivity index (χ1v) is 11.8. The molecule has 166 valence electrons. The van der Waals surface area contributed by atoms with Gasteiger partial charge in [-0.3, -0.25) is 4.79 Å². The second-order valence-corrected chi connectivity index (χ2v) is 9.37. The molecule has 1 atom stereocenters. The second-order valence-electron chi connectivity index (χ2n) is 7.94. The van der Waals surface area contributed by atoms with Crippen molar-refractivity contribution in [3.8, 4) is 17.6 Å². The van der Waals surface area contributed by atoms with Crippen molar-refractivity contribution in [2.45, 2.75) is 18.9 Å². The predicted molar refractivity (Wildman–Crippen MR) is 132 cm³/mol. The molecule has 3 aromatic carbocycles. The number of hydrogen-bond acceptors (Lipinski definition) is 5. The van der Waals surface area contributed by atoms with Crippen molar-refractivity contribution in [3.63, 3.8) is 0 Å². The number of benzene rings is 3. The lowest BCUT2D eigenvalue weighted by Gasteiger charge is -2.36. The molecule has 7 heteroatoms. The van der Waals surface area contributed by atoms with E-state index in [0.29, 0.717) is 34.4 Å². The van der Waals surface area contributed by atoms with Gasteiger partial charge >= 0.3 is 0 Å². The molecule has 0 spiro atoms. The molecule has 4 aromatic rings. The van der Waals surface area contributed by atoms with E-state index < -0.39 is 0 Å². The van der Waals surface area contributed by atoms with E-state index in [1.807, 2.05) is 48.5 Å². The van der Waals surface area contributed by atoms with Crippen molar-refractivity contribution in [1.29, 1.82) is 5.26 Å². The molecule has 1 amide bonds. The third-order valence-electron chi connectivity index (χ3n) is 6.26. The van der Waals surface area contributed by atoms with Crippen LogP contribution in [-0.4, -0.2) is 31.6 Å². The van der Waals surface area contributed by atoms with Crippen LogP contribution in [0, 0.1) is 11.3 Å². The molecule has 5 rings (SSSR count). The number of halogens is 1. The van der Waals surface area contributed by atoms with Gasteiger partial charge in [0.1, 0.15) is 4.88 Å². The number of hydrogen-bond donors (Lipinski definition) is 0. The van der Waals surface area contributed by atoms with Crippen LogP contribution >= 0.6 is 22.9 Å². The Morgan fingerprint density at radius 1 is 1.18 bits per heavy atom. The molecule has 2 heterocycles.